The van der Waals surface area contributed by atoms with Crippen LogP contribution in [0.15, 0.2) is 22.3 Å². The maximum atomic E-state index is 12.4. The Balaban J connectivity index is 1.56. The number of aryl methyl sites for hydroxylation is 1. The molecule has 1 aliphatic rings. The van der Waals surface area contributed by atoms with Crippen molar-refractivity contribution in [3.8, 4) is 0 Å². The van der Waals surface area contributed by atoms with Crippen LogP contribution in [0, 0.1) is 6.92 Å². The molecule has 1 saturated heterocycles. The number of carbonyl (C=O) groups is 1. The molecule has 0 N–H and O–H groups in total. The Kier molecular flexibility index (Phi) is 4.14. The van der Waals surface area contributed by atoms with Gasteiger partial charge in [-0.1, -0.05) is 0 Å². The van der Waals surface area contributed by atoms with E-state index in [0.717, 1.165) is 43.3 Å². The summed E-state index contributed by atoms with van der Waals surface area (Å²) in [4.78, 5) is 21.7. The summed E-state index contributed by atoms with van der Waals surface area (Å²) in [7, 11) is 0. The summed E-state index contributed by atoms with van der Waals surface area (Å²) in [6.45, 7) is 6.39. The molecule has 2 aromatic rings. The second-order valence-electron chi connectivity index (χ2n) is 4.97. The number of thiophene rings is 1. The summed E-state index contributed by atoms with van der Waals surface area (Å²) in [6, 6.07) is 2.17. The van der Waals surface area contributed by atoms with Gasteiger partial charge in [-0.3, -0.25) is 9.69 Å². The molecule has 0 radical (unpaired) electrons. The van der Waals surface area contributed by atoms with Gasteiger partial charge in [-0.15, -0.1) is 11.3 Å². The Hall–Kier alpha value is -1.24. The van der Waals surface area contributed by atoms with E-state index in [4.69, 9.17) is 0 Å². The molecule has 2 aromatic heterocycles. The minimum absolute atomic E-state index is 0.139. The topological polar surface area (TPSA) is 36.4 Å². The van der Waals surface area contributed by atoms with E-state index < -0.39 is 0 Å². The van der Waals surface area contributed by atoms with E-state index in [-0.39, 0.29) is 5.91 Å². The van der Waals surface area contributed by atoms with E-state index in [1.54, 1.807) is 16.8 Å². The number of hydrogen-bond acceptors (Lipinski definition) is 5. The monoisotopic (exact) mass is 307 g/mol. The molecule has 0 atom stereocenters. The first-order valence-electron chi connectivity index (χ1n) is 6.67. The number of hydrogen-bond donors (Lipinski definition) is 0. The summed E-state index contributed by atoms with van der Waals surface area (Å²) in [5, 5.41) is 4.31. The van der Waals surface area contributed by atoms with Crippen LogP contribution in [0.5, 0.6) is 0 Å². The number of piperazine rings is 1. The summed E-state index contributed by atoms with van der Waals surface area (Å²) < 4.78 is 0. The van der Waals surface area contributed by atoms with Gasteiger partial charge in [-0.2, -0.15) is 11.3 Å². The van der Waals surface area contributed by atoms with Crippen molar-refractivity contribution < 1.29 is 4.79 Å². The molecule has 0 aromatic carbocycles. The lowest BCUT2D eigenvalue weighted by atomic mass is 10.2. The molecule has 106 valence electrons. The average molecular weight is 307 g/mol. The zero-order valence-electron chi connectivity index (χ0n) is 11.4. The van der Waals surface area contributed by atoms with Crippen molar-refractivity contribution >= 4 is 28.6 Å². The average Bonchev–Trinajstić information content (AvgIpc) is 3.10. The molecule has 0 unspecified atom stereocenters. The molecule has 0 bridgehead atoms. The molecule has 0 spiro atoms. The van der Waals surface area contributed by atoms with Gasteiger partial charge in [0.2, 0.25) is 0 Å². The highest BCUT2D eigenvalue weighted by molar-refractivity contribution is 7.11. The van der Waals surface area contributed by atoms with Crippen LogP contribution in [-0.4, -0.2) is 46.9 Å². The maximum Gasteiger partial charge on any atom is 0.265 e. The smallest absolute Gasteiger partial charge is 0.265 e. The zero-order chi connectivity index (χ0) is 13.9. The number of nitrogens with zero attached hydrogens (tertiary/aromatic N) is 3. The number of rotatable bonds is 3. The van der Waals surface area contributed by atoms with Crippen LogP contribution in [0.25, 0.3) is 0 Å². The van der Waals surface area contributed by atoms with Crippen LogP contribution in [0.4, 0.5) is 0 Å². The predicted octanol–water partition coefficient (Wildman–Crippen LogP) is 2.47. The van der Waals surface area contributed by atoms with Crippen molar-refractivity contribution in [2.75, 3.05) is 26.2 Å². The van der Waals surface area contributed by atoms with Gasteiger partial charge >= 0.3 is 0 Å². The molecule has 0 aliphatic carbocycles. The number of carbonyl (C=O) groups excluding carboxylic acids is 1. The molecule has 3 rings (SSSR count). The second kappa shape index (κ2) is 6.03. The predicted molar refractivity (Wildman–Crippen MR) is 82.4 cm³/mol. The van der Waals surface area contributed by atoms with Crippen LogP contribution in [0.2, 0.25) is 0 Å². The third-order valence-corrected chi connectivity index (χ3v) is 5.23. The molecular weight excluding hydrogens is 290 g/mol. The highest BCUT2D eigenvalue weighted by Crippen LogP contribution is 2.17. The van der Waals surface area contributed by atoms with Crippen molar-refractivity contribution in [2.45, 2.75) is 13.5 Å². The van der Waals surface area contributed by atoms with Gasteiger partial charge in [0, 0.05) is 32.7 Å². The lowest BCUT2D eigenvalue weighted by Crippen LogP contribution is -2.48. The lowest BCUT2D eigenvalue weighted by molar-refractivity contribution is 0.0632. The van der Waals surface area contributed by atoms with Crippen LogP contribution in [0.1, 0.15) is 20.9 Å². The van der Waals surface area contributed by atoms with Gasteiger partial charge in [0.15, 0.2) is 0 Å². The highest BCUT2D eigenvalue weighted by Gasteiger charge is 2.24. The lowest BCUT2D eigenvalue weighted by Gasteiger charge is -2.34. The second-order valence-corrected chi connectivity index (χ2v) is 6.60. The molecule has 20 heavy (non-hydrogen) atoms. The fourth-order valence-corrected chi connectivity index (χ4v) is 3.83. The normalized spacial score (nSPS) is 16.6. The van der Waals surface area contributed by atoms with Crippen LogP contribution in [-0.2, 0) is 6.54 Å². The van der Waals surface area contributed by atoms with Crippen LogP contribution >= 0.6 is 22.7 Å². The SMILES string of the molecule is Cc1ncsc1C(=O)N1CCN(Cc2ccsc2)CC1. The Morgan fingerprint density at radius 1 is 1.35 bits per heavy atom. The van der Waals surface area contributed by atoms with E-state index in [0.29, 0.717) is 0 Å². The summed E-state index contributed by atoms with van der Waals surface area (Å²) in [5.41, 5.74) is 3.96. The van der Waals surface area contributed by atoms with Crippen molar-refractivity contribution in [1.29, 1.82) is 0 Å². The summed E-state index contributed by atoms with van der Waals surface area (Å²) in [6.07, 6.45) is 0. The molecule has 1 aliphatic heterocycles. The van der Waals surface area contributed by atoms with E-state index >= 15 is 0 Å². The van der Waals surface area contributed by atoms with Crippen molar-refractivity contribution in [3.05, 3.63) is 38.5 Å². The Morgan fingerprint density at radius 3 is 2.75 bits per heavy atom. The first kappa shape index (κ1) is 13.7. The zero-order valence-corrected chi connectivity index (χ0v) is 13.0. The number of aromatic nitrogens is 1. The standard InChI is InChI=1S/C14H17N3OS2/c1-11-13(20-10-15-11)14(18)17-5-3-16(4-6-17)8-12-2-7-19-9-12/h2,7,9-10H,3-6,8H2,1H3. The Morgan fingerprint density at radius 2 is 2.15 bits per heavy atom. The van der Waals surface area contributed by atoms with Gasteiger partial charge in [0.05, 0.1) is 11.2 Å². The van der Waals surface area contributed by atoms with Crippen molar-refractivity contribution in [2.24, 2.45) is 0 Å². The van der Waals surface area contributed by atoms with Gasteiger partial charge in [-0.25, -0.2) is 4.98 Å². The van der Waals surface area contributed by atoms with E-state index in [1.165, 1.54) is 16.9 Å². The van der Waals surface area contributed by atoms with E-state index in [9.17, 15) is 4.79 Å². The van der Waals surface area contributed by atoms with Gasteiger partial charge in [-0.05, 0) is 29.3 Å². The highest BCUT2D eigenvalue weighted by atomic mass is 32.1. The molecule has 1 fully saturated rings. The van der Waals surface area contributed by atoms with E-state index in [1.807, 2.05) is 11.8 Å². The van der Waals surface area contributed by atoms with Crippen molar-refractivity contribution in [3.63, 3.8) is 0 Å². The van der Waals surface area contributed by atoms with Gasteiger partial charge in [0.1, 0.15) is 4.88 Å². The molecule has 6 heteroatoms. The maximum absolute atomic E-state index is 12.4. The Labute approximate surface area is 126 Å². The molecule has 1 amide bonds. The third kappa shape index (κ3) is 2.92. The quantitative estimate of drug-likeness (QED) is 0.874. The summed E-state index contributed by atoms with van der Waals surface area (Å²) >= 11 is 3.18. The first-order chi connectivity index (χ1) is 9.74. The first-order valence-corrected chi connectivity index (χ1v) is 8.49. The van der Waals surface area contributed by atoms with Crippen LogP contribution < -0.4 is 0 Å². The molecule has 3 heterocycles. The summed E-state index contributed by atoms with van der Waals surface area (Å²) in [5.74, 6) is 0.139. The number of thiazole rings is 1. The molecule has 0 saturated carbocycles. The Bertz CT molecular complexity index is 571. The third-order valence-electron chi connectivity index (χ3n) is 3.59. The minimum atomic E-state index is 0.139. The van der Waals surface area contributed by atoms with Crippen LogP contribution in [0.3, 0.4) is 0 Å². The van der Waals surface area contributed by atoms with E-state index in [2.05, 4.69) is 26.7 Å². The largest absolute Gasteiger partial charge is 0.335 e. The van der Waals surface area contributed by atoms with Gasteiger partial charge < -0.3 is 4.90 Å². The fraction of sp³-hybridized carbons (Fsp3) is 0.429. The molecular formula is C14H17N3OS2. The number of amides is 1. The van der Waals surface area contributed by atoms with Gasteiger partial charge in [0.25, 0.3) is 5.91 Å². The minimum Gasteiger partial charge on any atom is -0.335 e. The molecule has 4 nitrogen and oxygen atoms in total. The fourth-order valence-electron chi connectivity index (χ4n) is 2.40. The van der Waals surface area contributed by atoms with Crippen molar-refractivity contribution in [1.82, 2.24) is 14.8 Å².